The largest absolute Gasteiger partial charge is 0.497 e. The highest BCUT2D eigenvalue weighted by Gasteiger charge is 2.73. The lowest BCUT2D eigenvalue weighted by molar-refractivity contribution is -0.223. The molecule has 1 aliphatic carbocycles. The molecule has 0 amide bonds. The van der Waals surface area contributed by atoms with Gasteiger partial charge in [-0.2, -0.15) is 0 Å². The van der Waals surface area contributed by atoms with Crippen molar-refractivity contribution in [2.45, 2.75) is 25.4 Å². The van der Waals surface area contributed by atoms with Crippen LogP contribution in [-0.2, 0) is 22.4 Å². The average molecular weight is 400 g/mol. The summed E-state index contributed by atoms with van der Waals surface area (Å²) in [6.45, 7) is 0. The van der Waals surface area contributed by atoms with E-state index in [2.05, 4.69) is 0 Å². The fraction of sp³-hybridized carbons (Fsp3) is 0.364. The number of carboxylic acid groups (broad SMARTS) is 2. The van der Waals surface area contributed by atoms with E-state index in [0.29, 0.717) is 11.5 Å². The molecule has 3 N–H and O–H groups in total. The maximum Gasteiger partial charge on any atom is 0.321 e. The minimum Gasteiger partial charge on any atom is -0.497 e. The van der Waals surface area contributed by atoms with Gasteiger partial charge in [-0.3, -0.25) is 9.59 Å². The first-order valence-corrected chi connectivity index (χ1v) is 9.20. The number of carbonyl (C=O) groups is 2. The molecule has 7 nitrogen and oxygen atoms in total. The molecular weight excluding hydrogens is 376 g/mol. The fourth-order valence-corrected chi connectivity index (χ4v) is 4.35. The molecule has 1 saturated carbocycles. The number of benzene rings is 2. The smallest absolute Gasteiger partial charge is 0.321 e. The number of methoxy groups -OCH3 is 2. The molecule has 0 radical (unpaired) electrons. The molecule has 1 unspecified atom stereocenters. The summed E-state index contributed by atoms with van der Waals surface area (Å²) in [5.74, 6) is -1.60. The topological polar surface area (TPSA) is 113 Å². The Kier molecular flexibility index (Phi) is 5.53. The van der Waals surface area contributed by atoms with Gasteiger partial charge in [0.25, 0.3) is 0 Å². The summed E-state index contributed by atoms with van der Waals surface area (Å²) in [4.78, 5) is 24.3. The van der Waals surface area contributed by atoms with E-state index in [1.54, 1.807) is 48.5 Å². The van der Waals surface area contributed by atoms with Crippen LogP contribution >= 0.6 is 0 Å². The highest BCUT2D eigenvalue weighted by molar-refractivity contribution is 6.01. The molecule has 154 valence electrons. The number of hydrogen-bond donors (Lipinski definition) is 3. The van der Waals surface area contributed by atoms with Crippen LogP contribution in [0.5, 0.6) is 11.5 Å². The third kappa shape index (κ3) is 3.31. The van der Waals surface area contributed by atoms with Gasteiger partial charge in [0.05, 0.1) is 20.3 Å². The van der Waals surface area contributed by atoms with Crippen LogP contribution in [0, 0.1) is 10.8 Å². The first-order chi connectivity index (χ1) is 13.8. The Balaban J connectivity index is 2.06. The Morgan fingerprint density at radius 3 is 1.52 bits per heavy atom. The predicted molar refractivity (Wildman–Crippen MR) is 104 cm³/mol. The third-order valence-electron chi connectivity index (χ3n) is 6.07. The minimum absolute atomic E-state index is 0.1000. The Bertz CT molecular complexity index is 823. The number of hydrogen-bond acceptors (Lipinski definition) is 5. The van der Waals surface area contributed by atoms with Gasteiger partial charge in [0.15, 0.2) is 5.41 Å². The third-order valence-corrected chi connectivity index (χ3v) is 6.07. The van der Waals surface area contributed by atoms with E-state index < -0.39 is 28.9 Å². The Morgan fingerprint density at radius 1 is 0.862 bits per heavy atom. The maximum atomic E-state index is 12.2. The standard InChI is InChI=1S/C22H24O7/c1-28-16-7-3-14(4-8-16)11-21(12-15-5-9-17(29-2)10-6-15)18(23)13-22(21,19(24)25)20(26)27/h3-10,18,23H,11-13H2,1-2H3,(H,24,25)(H,26,27). The number of aliphatic carboxylic acids is 2. The molecule has 0 heterocycles. The lowest BCUT2D eigenvalue weighted by atomic mass is 9.44. The minimum atomic E-state index is -2.08. The quantitative estimate of drug-likeness (QED) is 0.583. The van der Waals surface area contributed by atoms with Crippen molar-refractivity contribution >= 4 is 11.9 Å². The fourth-order valence-electron chi connectivity index (χ4n) is 4.35. The first-order valence-electron chi connectivity index (χ1n) is 9.20. The van der Waals surface area contributed by atoms with Gasteiger partial charge in [-0.25, -0.2) is 0 Å². The molecule has 0 bridgehead atoms. The highest BCUT2D eigenvalue weighted by Crippen LogP contribution is 2.60. The Hall–Kier alpha value is -3.06. The molecule has 0 spiro atoms. The number of carboxylic acids is 2. The van der Waals surface area contributed by atoms with Gasteiger partial charge >= 0.3 is 11.9 Å². The van der Waals surface area contributed by atoms with Crippen molar-refractivity contribution in [2.24, 2.45) is 10.8 Å². The van der Waals surface area contributed by atoms with Gasteiger partial charge in [0.1, 0.15) is 11.5 Å². The highest BCUT2D eigenvalue weighted by atomic mass is 16.5. The molecule has 0 aromatic heterocycles. The zero-order chi connectivity index (χ0) is 21.2. The Labute approximate surface area is 168 Å². The normalized spacial score (nSPS) is 19.1. The predicted octanol–water partition coefficient (Wildman–Crippen LogP) is 2.40. The van der Waals surface area contributed by atoms with Gasteiger partial charge in [0, 0.05) is 11.8 Å². The van der Waals surface area contributed by atoms with Crippen LogP contribution in [0.25, 0.3) is 0 Å². The lowest BCUT2D eigenvalue weighted by Crippen LogP contribution is -2.70. The molecule has 1 fully saturated rings. The zero-order valence-electron chi connectivity index (χ0n) is 16.3. The number of aliphatic hydroxyl groups is 1. The van der Waals surface area contributed by atoms with Crippen molar-refractivity contribution in [1.82, 2.24) is 0 Å². The number of ether oxygens (including phenoxy) is 2. The van der Waals surface area contributed by atoms with E-state index >= 15 is 0 Å². The molecule has 3 rings (SSSR count). The van der Waals surface area contributed by atoms with Crippen LogP contribution in [0.1, 0.15) is 17.5 Å². The summed E-state index contributed by atoms with van der Waals surface area (Å²) in [7, 11) is 3.07. The molecule has 2 aromatic rings. The molecule has 2 aromatic carbocycles. The van der Waals surface area contributed by atoms with Crippen molar-refractivity contribution < 1.29 is 34.4 Å². The van der Waals surface area contributed by atoms with Crippen molar-refractivity contribution in [3.8, 4) is 11.5 Å². The average Bonchev–Trinajstić information content (AvgIpc) is 2.71. The van der Waals surface area contributed by atoms with E-state index in [0.717, 1.165) is 11.1 Å². The van der Waals surface area contributed by atoms with Gasteiger partial charge in [-0.1, -0.05) is 24.3 Å². The van der Waals surface area contributed by atoms with Crippen molar-refractivity contribution in [3.05, 3.63) is 59.7 Å². The summed E-state index contributed by atoms with van der Waals surface area (Å²) >= 11 is 0. The summed E-state index contributed by atoms with van der Waals surface area (Å²) in [6.07, 6.45) is -1.20. The molecule has 7 heteroatoms. The second-order valence-electron chi connectivity index (χ2n) is 7.44. The van der Waals surface area contributed by atoms with Crippen LogP contribution in [0.3, 0.4) is 0 Å². The summed E-state index contributed by atoms with van der Waals surface area (Å²) in [6, 6.07) is 13.9. The molecule has 0 saturated heterocycles. The summed E-state index contributed by atoms with van der Waals surface area (Å²) < 4.78 is 10.3. The van der Waals surface area contributed by atoms with Crippen molar-refractivity contribution in [1.29, 1.82) is 0 Å². The van der Waals surface area contributed by atoms with Gasteiger partial charge in [-0.15, -0.1) is 0 Å². The molecule has 29 heavy (non-hydrogen) atoms. The monoisotopic (exact) mass is 400 g/mol. The zero-order valence-corrected chi connectivity index (χ0v) is 16.3. The second kappa shape index (κ2) is 7.75. The Morgan fingerprint density at radius 2 is 1.24 bits per heavy atom. The molecule has 1 aliphatic rings. The van der Waals surface area contributed by atoms with Crippen molar-refractivity contribution in [3.63, 3.8) is 0 Å². The summed E-state index contributed by atoms with van der Waals surface area (Å²) in [5, 5.41) is 30.5. The summed E-state index contributed by atoms with van der Waals surface area (Å²) in [5.41, 5.74) is -2.02. The second-order valence-corrected chi connectivity index (χ2v) is 7.44. The molecule has 0 aliphatic heterocycles. The van der Waals surface area contributed by atoms with E-state index in [-0.39, 0.29) is 19.3 Å². The van der Waals surface area contributed by atoms with E-state index in [9.17, 15) is 24.9 Å². The molecule has 1 atom stereocenters. The van der Waals surface area contributed by atoms with E-state index in [1.165, 1.54) is 14.2 Å². The van der Waals surface area contributed by atoms with Gasteiger partial charge < -0.3 is 24.8 Å². The SMILES string of the molecule is COc1ccc(CC2(Cc3ccc(OC)cc3)C(O)CC2(C(=O)O)C(=O)O)cc1. The van der Waals surface area contributed by atoms with Crippen LogP contribution in [0.2, 0.25) is 0 Å². The van der Waals surface area contributed by atoms with E-state index in [1.807, 2.05) is 0 Å². The van der Waals surface area contributed by atoms with E-state index in [4.69, 9.17) is 9.47 Å². The van der Waals surface area contributed by atoms with Crippen LogP contribution in [0.4, 0.5) is 0 Å². The molecular formula is C22H24O7. The maximum absolute atomic E-state index is 12.2. The van der Waals surface area contributed by atoms with Crippen molar-refractivity contribution in [2.75, 3.05) is 14.2 Å². The van der Waals surface area contributed by atoms with Crippen LogP contribution in [-0.4, -0.2) is 47.6 Å². The number of aliphatic hydroxyl groups excluding tert-OH is 1. The van der Waals surface area contributed by atoms with Crippen LogP contribution in [0.15, 0.2) is 48.5 Å². The lowest BCUT2D eigenvalue weighted by Gasteiger charge is -2.58. The van der Waals surface area contributed by atoms with Crippen LogP contribution < -0.4 is 9.47 Å². The van der Waals surface area contributed by atoms with Gasteiger partial charge in [0.2, 0.25) is 0 Å². The number of rotatable bonds is 8. The van der Waals surface area contributed by atoms with Gasteiger partial charge in [-0.05, 0) is 48.2 Å². The first kappa shape index (κ1) is 20.7.